The van der Waals surface area contributed by atoms with E-state index in [4.69, 9.17) is 10.5 Å². The molecule has 0 aliphatic carbocycles. The first-order valence-corrected chi connectivity index (χ1v) is 7.78. The van der Waals surface area contributed by atoms with Crippen LogP contribution in [0.3, 0.4) is 0 Å². The molecule has 2 rings (SSSR count). The van der Waals surface area contributed by atoms with Gasteiger partial charge in [-0.25, -0.2) is 0 Å². The molecule has 1 aliphatic heterocycles. The minimum Gasteiger partial charge on any atom is -0.379 e. The van der Waals surface area contributed by atoms with E-state index in [0.29, 0.717) is 6.54 Å². The summed E-state index contributed by atoms with van der Waals surface area (Å²) in [6.45, 7) is 8.17. The minimum atomic E-state index is -0.574. The number of nitrogens with zero attached hydrogens (tertiary/aromatic N) is 1. The van der Waals surface area contributed by atoms with Gasteiger partial charge >= 0.3 is 0 Å². The van der Waals surface area contributed by atoms with Gasteiger partial charge in [0, 0.05) is 30.1 Å². The second-order valence-electron chi connectivity index (χ2n) is 5.62. The van der Waals surface area contributed by atoms with E-state index in [2.05, 4.69) is 24.1 Å². The van der Waals surface area contributed by atoms with Crippen LogP contribution in [0.1, 0.15) is 24.8 Å². The zero-order chi connectivity index (χ0) is 14.6. The Morgan fingerprint density at radius 1 is 1.55 bits per heavy atom. The molecule has 0 bridgehead atoms. The molecule has 6 heteroatoms. The van der Waals surface area contributed by atoms with E-state index in [1.54, 1.807) is 0 Å². The van der Waals surface area contributed by atoms with Gasteiger partial charge in [0.05, 0.1) is 13.2 Å². The summed E-state index contributed by atoms with van der Waals surface area (Å²) in [7, 11) is 0. The Bertz CT molecular complexity index is 428. The number of nitrogens with two attached hydrogens (primary N) is 1. The summed E-state index contributed by atoms with van der Waals surface area (Å²) >= 11 is 1.51. The molecule has 0 saturated carbocycles. The van der Waals surface area contributed by atoms with Crippen molar-refractivity contribution in [3.8, 4) is 0 Å². The summed E-state index contributed by atoms with van der Waals surface area (Å²) in [5, 5.41) is 4.90. The number of thiophene rings is 1. The van der Waals surface area contributed by atoms with Gasteiger partial charge < -0.3 is 15.8 Å². The molecule has 1 aromatic heterocycles. The van der Waals surface area contributed by atoms with Crippen molar-refractivity contribution >= 4 is 17.2 Å². The predicted molar refractivity (Wildman–Crippen MR) is 80.7 cm³/mol. The van der Waals surface area contributed by atoms with Gasteiger partial charge in [0.25, 0.3) is 0 Å². The maximum atomic E-state index is 12.1. The molecule has 1 fully saturated rings. The van der Waals surface area contributed by atoms with Gasteiger partial charge in [-0.15, -0.1) is 11.3 Å². The third-order valence-corrected chi connectivity index (χ3v) is 4.65. The van der Waals surface area contributed by atoms with Crippen LogP contribution in [0.4, 0.5) is 0 Å². The molecule has 20 heavy (non-hydrogen) atoms. The van der Waals surface area contributed by atoms with Crippen molar-refractivity contribution in [3.63, 3.8) is 0 Å². The first-order chi connectivity index (χ1) is 9.50. The molecule has 1 amide bonds. The Labute approximate surface area is 124 Å². The highest BCUT2D eigenvalue weighted by atomic mass is 32.1. The Morgan fingerprint density at radius 3 is 2.85 bits per heavy atom. The molecular weight excluding hydrogens is 274 g/mol. The lowest BCUT2D eigenvalue weighted by Crippen LogP contribution is -2.56. The Morgan fingerprint density at radius 2 is 2.25 bits per heavy atom. The smallest absolute Gasteiger partial charge is 0.242 e. The van der Waals surface area contributed by atoms with Crippen LogP contribution < -0.4 is 11.1 Å². The molecule has 0 radical (unpaired) electrons. The van der Waals surface area contributed by atoms with Crippen molar-refractivity contribution in [1.82, 2.24) is 10.2 Å². The number of hydrogen-bond acceptors (Lipinski definition) is 5. The summed E-state index contributed by atoms with van der Waals surface area (Å²) in [5.74, 6) is -0.117. The number of morpholine rings is 1. The zero-order valence-electron chi connectivity index (χ0n) is 12.1. The van der Waals surface area contributed by atoms with Gasteiger partial charge in [-0.2, -0.15) is 0 Å². The largest absolute Gasteiger partial charge is 0.379 e. The Hall–Kier alpha value is -0.950. The van der Waals surface area contributed by atoms with Gasteiger partial charge in [-0.05, 0) is 25.3 Å². The third kappa shape index (κ3) is 3.79. The van der Waals surface area contributed by atoms with Crippen LogP contribution in [0, 0.1) is 0 Å². The zero-order valence-corrected chi connectivity index (χ0v) is 12.9. The number of carbonyl (C=O) groups is 1. The topological polar surface area (TPSA) is 67.6 Å². The highest BCUT2D eigenvalue weighted by Crippen LogP contribution is 2.18. The number of hydrogen-bond donors (Lipinski definition) is 2. The highest BCUT2D eigenvalue weighted by Gasteiger charge is 2.29. The van der Waals surface area contributed by atoms with Crippen molar-refractivity contribution in [2.75, 3.05) is 32.8 Å². The monoisotopic (exact) mass is 297 g/mol. The van der Waals surface area contributed by atoms with Crippen LogP contribution in [0.5, 0.6) is 0 Å². The fraction of sp³-hybridized carbons (Fsp3) is 0.643. The van der Waals surface area contributed by atoms with Crippen molar-refractivity contribution in [2.45, 2.75) is 25.4 Å². The van der Waals surface area contributed by atoms with E-state index in [1.165, 1.54) is 11.3 Å². The van der Waals surface area contributed by atoms with E-state index >= 15 is 0 Å². The van der Waals surface area contributed by atoms with Crippen molar-refractivity contribution in [1.29, 1.82) is 0 Å². The molecule has 112 valence electrons. The van der Waals surface area contributed by atoms with Crippen LogP contribution in [0.2, 0.25) is 0 Å². The number of rotatable bonds is 5. The van der Waals surface area contributed by atoms with Gasteiger partial charge in [0.2, 0.25) is 5.91 Å². The van der Waals surface area contributed by atoms with Crippen molar-refractivity contribution < 1.29 is 9.53 Å². The molecule has 0 aromatic carbocycles. The maximum absolute atomic E-state index is 12.1. The van der Waals surface area contributed by atoms with E-state index in [1.807, 2.05) is 17.5 Å². The van der Waals surface area contributed by atoms with Crippen molar-refractivity contribution in [2.24, 2.45) is 5.73 Å². The first kappa shape index (κ1) is 15.4. The molecule has 3 N–H and O–H groups in total. The number of ether oxygens (including phenoxy) is 1. The lowest BCUT2D eigenvalue weighted by Gasteiger charge is -2.41. The van der Waals surface area contributed by atoms with Crippen LogP contribution in [0.25, 0.3) is 0 Å². The molecule has 0 spiro atoms. The summed E-state index contributed by atoms with van der Waals surface area (Å²) in [6, 6.07) is 3.22. The lowest BCUT2D eigenvalue weighted by molar-refractivity contribution is -0.123. The minimum absolute atomic E-state index is 0.0887. The van der Waals surface area contributed by atoms with E-state index in [-0.39, 0.29) is 11.4 Å². The van der Waals surface area contributed by atoms with Gasteiger partial charge in [-0.1, -0.05) is 6.07 Å². The maximum Gasteiger partial charge on any atom is 0.242 e. The molecule has 1 saturated heterocycles. The Balaban J connectivity index is 1.85. The predicted octanol–water partition coefficient (Wildman–Crippen LogP) is 0.975. The normalized spacial score (nSPS) is 18.8. The van der Waals surface area contributed by atoms with E-state index < -0.39 is 6.04 Å². The molecule has 1 aliphatic rings. The van der Waals surface area contributed by atoms with Crippen molar-refractivity contribution in [3.05, 3.63) is 22.4 Å². The van der Waals surface area contributed by atoms with Gasteiger partial charge in [0.1, 0.15) is 6.04 Å². The summed E-state index contributed by atoms with van der Waals surface area (Å²) in [6.07, 6.45) is 0. The fourth-order valence-corrected chi connectivity index (χ4v) is 3.02. The van der Waals surface area contributed by atoms with E-state index in [0.717, 1.165) is 31.2 Å². The molecule has 1 aromatic rings. The second-order valence-corrected chi connectivity index (χ2v) is 6.60. The fourth-order valence-electron chi connectivity index (χ4n) is 2.29. The number of amides is 1. The SMILES string of the molecule is CC(C)(CNC(=O)C(N)c1cccs1)N1CCOCC1. The number of nitrogens with one attached hydrogen (secondary N) is 1. The second kappa shape index (κ2) is 6.67. The molecule has 5 nitrogen and oxygen atoms in total. The number of carbonyl (C=O) groups excluding carboxylic acids is 1. The third-order valence-electron chi connectivity index (χ3n) is 3.69. The van der Waals surface area contributed by atoms with Crippen LogP contribution in [-0.2, 0) is 9.53 Å². The van der Waals surface area contributed by atoms with Crippen LogP contribution in [0.15, 0.2) is 17.5 Å². The standard InChI is InChI=1S/C14H23N3O2S/c1-14(2,17-5-7-19-8-6-17)10-16-13(18)12(15)11-4-3-9-20-11/h3-4,9,12H,5-8,10,15H2,1-2H3,(H,16,18). The first-order valence-electron chi connectivity index (χ1n) is 6.90. The van der Waals surface area contributed by atoms with E-state index in [9.17, 15) is 4.79 Å². The summed E-state index contributed by atoms with van der Waals surface area (Å²) in [4.78, 5) is 15.3. The lowest BCUT2D eigenvalue weighted by atomic mass is 10.0. The van der Waals surface area contributed by atoms with Crippen LogP contribution in [-0.4, -0.2) is 49.2 Å². The average molecular weight is 297 g/mol. The van der Waals surface area contributed by atoms with Gasteiger partial charge in [-0.3, -0.25) is 9.69 Å². The molecule has 1 atom stereocenters. The molecular formula is C14H23N3O2S. The average Bonchev–Trinajstić information content (AvgIpc) is 2.99. The summed E-state index contributed by atoms with van der Waals surface area (Å²) in [5.41, 5.74) is 5.87. The van der Waals surface area contributed by atoms with Gasteiger partial charge in [0.15, 0.2) is 0 Å². The quantitative estimate of drug-likeness (QED) is 0.850. The molecule has 1 unspecified atom stereocenters. The highest BCUT2D eigenvalue weighted by molar-refractivity contribution is 7.10. The molecule has 2 heterocycles. The summed E-state index contributed by atoms with van der Waals surface area (Å²) < 4.78 is 5.36. The van der Waals surface area contributed by atoms with Crippen LogP contribution >= 0.6 is 11.3 Å². The Kier molecular flexibility index (Phi) is 5.15.